The van der Waals surface area contributed by atoms with Gasteiger partial charge in [0.25, 0.3) is 0 Å². The number of carbonyl (C=O) groups is 1. The summed E-state index contributed by atoms with van der Waals surface area (Å²) in [6, 6.07) is 7.89. The van der Waals surface area contributed by atoms with Crippen LogP contribution in [0.1, 0.15) is 53.9 Å². The molecule has 1 amide bonds. The van der Waals surface area contributed by atoms with Crippen molar-refractivity contribution in [1.29, 1.82) is 0 Å². The molecule has 5 rings (SSSR count). The fourth-order valence-corrected chi connectivity index (χ4v) is 6.30. The summed E-state index contributed by atoms with van der Waals surface area (Å²) in [7, 11) is 0. The average Bonchev–Trinajstić information content (AvgIpc) is 3.48. The minimum Gasteiger partial charge on any atom is -0.325 e. The van der Waals surface area contributed by atoms with Gasteiger partial charge >= 0.3 is 0 Å². The first-order chi connectivity index (χ1) is 14.1. The van der Waals surface area contributed by atoms with Gasteiger partial charge in [-0.1, -0.05) is 36.9 Å². The third-order valence-electron chi connectivity index (χ3n) is 5.84. The van der Waals surface area contributed by atoms with Crippen molar-refractivity contribution in [3.63, 3.8) is 0 Å². The molecular weight excluding hydrogens is 398 g/mol. The molecule has 2 heterocycles. The quantitative estimate of drug-likeness (QED) is 0.420. The van der Waals surface area contributed by atoms with Crippen molar-refractivity contribution in [3.8, 4) is 0 Å². The molecule has 1 N–H and O–H groups in total. The highest BCUT2D eigenvalue weighted by atomic mass is 32.2. The van der Waals surface area contributed by atoms with Gasteiger partial charge in [-0.2, -0.15) is 0 Å². The third kappa shape index (κ3) is 3.92. The number of hydrogen-bond acceptors (Lipinski definition) is 5. The van der Waals surface area contributed by atoms with Gasteiger partial charge < -0.3 is 5.32 Å². The first kappa shape index (κ1) is 19.1. The summed E-state index contributed by atoms with van der Waals surface area (Å²) in [6.45, 7) is 4.34. The summed E-state index contributed by atoms with van der Waals surface area (Å²) >= 11 is 3.42. The Labute approximate surface area is 179 Å². The Kier molecular flexibility index (Phi) is 5.08. The van der Waals surface area contributed by atoms with Crippen LogP contribution >= 0.6 is 23.1 Å². The number of fused-ring (bicyclic) bond motifs is 3. The van der Waals surface area contributed by atoms with Gasteiger partial charge in [-0.3, -0.25) is 4.79 Å². The first-order valence-electron chi connectivity index (χ1n) is 10.4. The van der Waals surface area contributed by atoms with Crippen molar-refractivity contribution in [3.05, 3.63) is 46.1 Å². The van der Waals surface area contributed by atoms with Crippen LogP contribution in [0.2, 0.25) is 0 Å². The summed E-state index contributed by atoms with van der Waals surface area (Å²) in [6.07, 6.45) is 5.84. The molecule has 0 radical (unpaired) electrons. The van der Waals surface area contributed by atoms with Crippen molar-refractivity contribution in [2.24, 2.45) is 5.92 Å². The highest BCUT2D eigenvalue weighted by Gasteiger charge is 2.30. The summed E-state index contributed by atoms with van der Waals surface area (Å²) in [5, 5.41) is 5.26. The Balaban J connectivity index is 1.42. The molecule has 0 spiro atoms. The lowest BCUT2D eigenvalue weighted by Gasteiger charge is -2.18. The Morgan fingerprint density at radius 3 is 2.86 bits per heavy atom. The molecule has 0 saturated heterocycles. The van der Waals surface area contributed by atoms with Gasteiger partial charge in [-0.05, 0) is 62.1 Å². The number of thioether (sulfide) groups is 1. The minimum absolute atomic E-state index is 0.0155. The maximum Gasteiger partial charge on any atom is 0.234 e. The molecule has 1 aromatic carbocycles. The minimum atomic E-state index is 0.0155. The molecule has 2 aliphatic rings. The second-order valence-corrected chi connectivity index (χ2v) is 10.4. The van der Waals surface area contributed by atoms with Crippen molar-refractivity contribution in [1.82, 2.24) is 9.97 Å². The average molecular weight is 424 g/mol. The van der Waals surface area contributed by atoms with Gasteiger partial charge in [0, 0.05) is 21.9 Å². The fraction of sp³-hybridized carbons (Fsp3) is 0.435. The van der Waals surface area contributed by atoms with E-state index in [1.807, 2.05) is 42.5 Å². The van der Waals surface area contributed by atoms with E-state index in [0.717, 1.165) is 45.7 Å². The zero-order valence-corrected chi connectivity index (χ0v) is 18.5. The number of thiophene rings is 1. The summed E-state index contributed by atoms with van der Waals surface area (Å²) < 4.78 is 0. The van der Waals surface area contributed by atoms with Crippen LogP contribution in [-0.4, -0.2) is 21.6 Å². The number of hydrogen-bond donors (Lipinski definition) is 1. The standard InChI is InChI=1S/C23H25N3OS2/c1-13-7-10-16-18(11-13)29-23-20(16)22(25-21(26-23)15-8-9-15)28-12-19(27)24-17-6-4-3-5-14(17)2/h3-6,13,15H,7-12H2,1-2H3,(H,24,27)/t13-/m0/s1. The van der Waals surface area contributed by atoms with Crippen LogP contribution in [0.3, 0.4) is 0 Å². The second-order valence-electron chi connectivity index (χ2n) is 8.34. The second kappa shape index (κ2) is 7.73. The third-order valence-corrected chi connectivity index (χ3v) is 7.96. The van der Waals surface area contributed by atoms with Gasteiger partial charge in [0.15, 0.2) is 0 Å². The van der Waals surface area contributed by atoms with Crippen molar-refractivity contribution < 1.29 is 4.79 Å². The summed E-state index contributed by atoms with van der Waals surface area (Å²) in [5.41, 5.74) is 3.39. The van der Waals surface area contributed by atoms with Crippen LogP contribution in [0, 0.1) is 12.8 Å². The molecule has 0 aliphatic heterocycles. The molecule has 29 heavy (non-hydrogen) atoms. The van der Waals surface area contributed by atoms with Crippen molar-refractivity contribution in [2.45, 2.75) is 56.9 Å². The molecular formula is C23H25N3OS2. The number of nitrogens with one attached hydrogen (secondary N) is 1. The van der Waals surface area contributed by atoms with E-state index in [0.29, 0.717) is 11.7 Å². The molecule has 0 unspecified atom stereocenters. The van der Waals surface area contributed by atoms with Crippen molar-refractivity contribution >= 4 is 44.9 Å². The number of aromatic nitrogens is 2. The van der Waals surface area contributed by atoms with Gasteiger partial charge in [0.1, 0.15) is 15.7 Å². The number of para-hydroxylation sites is 1. The van der Waals surface area contributed by atoms with E-state index in [1.54, 1.807) is 11.8 Å². The Morgan fingerprint density at radius 2 is 2.07 bits per heavy atom. The fourth-order valence-electron chi connectivity index (χ4n) is 3.99. The van der Waals surface area contributed by atoms with Crippen LogP contribution in [0.15, 0.2) is 29.3 Å². The topological polar surface area (TPSA) is 54.9 Å². The number of benzene rings is 1. The molecule has 3 aromatic rings. The zero-order chi connectivity index (χ0) is 20.0. The van der Waals surface area contributed by atoms with E-state index in [9.17, 15) is 4.79 Å². The van der Waals surface area contributed by atoms with Crippen LogP contribution in [0.25, 0.3) is 10.2 Å². The molecule has 6 heteroatoms. The largest absolute Gasteiger partial charge is 0.325 e. The predicted molar refractivity (Wildman–Crippen MR) is 121 cm³/mol. The lowest BCUT2D eigenvalue weighted by molar-refractivity contribution is -0.113. The number of amides is 1. The molecule has 2 aliphatic carbocycles. The molecule has 0 bridgehead atoms. The van der Waals surface area contributed by atoms with Crippen LogP contribution < -0.4 is 5.32 Å². The van der Waals surface area contributed by atoms with Crippen LogP contribution in [-0.2, 0) is 17.6 Å². The van der Waals surface area contributed by atoms with E-state index < -0.39 is 0 Å². The number of rotatable bonds is 5. The van der Waals surface area contributed by atoms with E-state index in [4.69, 9.17) is 9.97 Å². The van der Waals surface area contributed by atoms with E-state index in [-0.39, 0.29) is 5.91 Å². The van der Waals surface area contributed by atoms with E-state index in [1.165, 1.54) is 35.1 Å². The van der Waals surface area contributed by atoms with Gasteiger partial charge in [-0.15, -0.1) is 11.3 Å². The number of carbonyl (C=O) groups excluding carboxylic acids is 1. The molecule has 1 saturated carbocycles. The highest BCUT2D eigenvalue weighted by Crippen LogP contribution is 2.44. The smallest absolute Gasteiger partial charge is 0.234 e. The van der Waals surface area contributed by atoms with Gasteiger partial charge in [0.05, 0.1) is 5.75 Å². The number of nitrogens with zero attached hydrogens (tertiary/aromatic N) is 2. The Morgan fingerprint density at radius 1 is 1.24 bits per heavy atom. The monoisotopic (exact) mass is 423 g/mol. The normalized spacial score (nSPS) is 18.6. The SMILES string of the molecule is Cc1ccccc1NC(=O)CSc1nc(C2CC2)nc2sc3c(c12)CC[C@H](C)C3. The molecule has 2 aromatic heterocycles. The highest BCUT2D eigenvalue weighted by molar-refractivity contribution is 8.00. The summed E-state index contributed by atoms with van der Waals surface area (Å²) in [5.74, 6) is 2.61. The number of anilines is 1. The Bertz CT molecular complexity index is 1090. The first-order valence-corrected chi connectivity index (χ1v) is 12.2. The molecule has 4 nitrogen and oxygen atoms in total. The van der Waals surface area contributed by atoms with Crippen molar-refractivity contribution in [2.75, 3.05) is 11.1 Å². The molecule has 1 fully saturated rings. The molecule has 150 valence electrons. The van der Waals surface area contributed by atoms with E-state index in [2.05, 4.69) is 12.2 Å². The van der Waals surface area contributed by atoms with Crippen LogP contribution in [0.5, 0.6) is 0 Å². The maximum absolute atomic E-state index is 12.6. The number of aryl methyl sites for hydroxylation is 2. The summed E-state index contributed by atoms with van der Waals surface area (Å²) in [4.78, 5) is 25.1. The maximum atomic E-state index is 12.6. The molecule has 1 atom stereocenters. The van der Waals surface area contributed by atoms with Crippen LogP contribution in [0.4, 0.5) is 5.69 Å². The lowest BCUT2D eigenvalue weighted by atomic mass is 9.89. The zero-order valence-electron chi connectivity index (χ0n) is 16.8. The lowest BCUT2D eigenvalue weighted by Crippen LogP contribution is -2.15. The van der Waals surface area contributed by atoms with Gasteiger partial charge in [-0.25, -0.2) is 9.97 Å². The predicted octanol–water partition coefficient (Wildman–Crippen LogP) is 5.73. The Hall–Kier alpha value is -1.92. The van der Waals surface area contributed by atoms with E-state index >= 15 is 0 Å². The van der Waals surface area contributed by atoms with Gasteiger partial charge in [0.2, 0.25) is 5.91 Å².